The van der Waals surface area contributed by atoms with Gasteiger partial charge in [0.15, 0.2) is 0 Å². The van der Waals surface area contributed by atoms with E-state index in [0.717, 1.165) is 25.3 Å². The van der Waals surface area contributed by atoms with Gasteiger partial charge >= 0.3 is 6.09 Å². The molecule has 31 heavy (non-hydrogen) atoms. The number of unbranched alkanes of at least 4 members (excludes halogenated alkanes) is 2. The molecular formula is C25H48BN2O3. The van der Waals surface area contributed by atoms with Crippen molar-refractivity contribution in [3.63, 3.8) is 0 Å². The number of rotatable bonds is 8. The first-order chi connectivity index (χ1) is 14.7. The molecule has 0 aromatic heterocycles. The van der Waals surface area contributed by atoms with Crippen molar-refractivity contribution in [1.29, 1.82) is 0 Å². The van der Waals surface area contributed by atoms with Gasteiger partial charge in [-0.15, -0.1) is 0 Å². The first-order valence-electron chi connectivity index (χ1n) is 12.9. The maximum absolute atomic E-state index is 12.9. The maximum Gasteiger partial charge on any atom is 0.408 e. The fraction of sp³-hybridized carbons (Fsp3) is 0.960. The molecule has 2 rings (SSSR count). The van der Waals surface area contributed by atoms with Gasteiger partial charge in [0.1, 0.15) is 5.60 Å². The zero-order chi connectivity index (χ0) is 23.0. The van der Waals surface area contributed by atoms with Crippen LogP contribution in [0, 0.1) is 11.8 Å². The number of nitrogens with one attached hydrogen (secondary N) is 1. The largest absolute Gasteiger partial charge is 0.444 e. The molecule has 1 heterocycles. The molecule has 1 amide bonds. The van der Waals surface area contributed by atoms with Gasteiger partial charge in [-0.25, -0.2) is 4.79 Å². The average molecular weight is 435 g/mol. The van der Waals surface area contributed by atoms with E-state index in [-0.39, 0.29) is 24.2 Å². The van der Waals surface area contributed by atoms with Crippen molar-refractivity contribution in [1.82, 2.24) is 10.2 Å². The lowest BCUT2D eigenvalue weighted by Crippen LogP contribution is -2.57. The summed E-state index contributed by atoms with van der Waals surface area (Å²) in [7, 11) is 2.10. The molecule has 5 nitrogen and oxygen atoms in total. The average Bonchev–Trinajstić information content (AvgIpc) is 2.83. The molecule has 2 aliphatic rings. The van der Waals surface area contributed by atoms with Crippen molar-refractivity contribution in [2.75, 3.05) is 6.54 Å². The molecule has 0 spiro atoms. The number of nitrogens with zero attached hydrogens (tertiary/aromatic N) is 1. The molecule has 6 atom stereocenters. The Morgan fingerprint density at radius 2 is 1.94 bits per heavy atom. The summed E-state index contributed by atoms with van der Waals surface area (Å²) in [4.78, 5) is 15.4. The van der Waals surface area contributed by atoms with Crippen molar-refractivity contribution in [3.8, 4) is 0 Å². The molecule has 1 aliphatic carbocycles. The van der Waals surface area contributed by atoms with E-state index >= 15 is 0 Å². The van der Waals surface area contributed by atoms with Crippen LogP contribution in [0.25, 0.3) is 0 Å². The van der Waals surface area contributed by atoms with Gasteiger partial charge in [0.2, 0.25) is 0 Å². The summed E-state index contributed by atoms with van der Waals surface area (Å²) >= 11 is 0. The lowest BCUT2D eigenvalue weighted by molar-refractivity contribution is 0.0169. The van der Waals surface area contributed by atoms with Gasteiger partial charge in [0.05, 0.1) is 12.3 Å². The Labute approximate surface area is 192 Å². The van der Waals surface area contributed by atoms with Gasteiger partial charge < -0.3 is 14.7 Å². The molecule has 6 heteroatoms. The second-order valence-electron chi connectivity index (χ2n) is 10.8. The summed E-state index contributed by atoms with van der Waals surface area (Å²) in [6.07, 6.45) is 10.5. The van der Waals surface area contributed by atoms with E-state index in [1.165, 1.54) is 44.9 Å². The van der Waals surface area contributed by atoms with Crippen LogP contribution in [-0.4, -0.2) is 48.9 Å². The first kappa shape index (κ1) is 26.5. The molecule has 0 aromatic rings. The van der Waals surface area contributed by atoms with Crippen LogP contribution in [0.5, 0.6) is 0 Å². The van der Waals surface area contributed by atoms with Gasteiger partial charge in [-0.2, -0.15) is 0 Å². The summed E-state index contributed by atoms with van der Waals surface area (Å²) < 4.78 is 12.2. The number of hydrogen-bond acceptors (Lipinski definition) is 4. The highest BCUT2D eigenvalue weighted by Gasteiger charge is 2.44. The number of carbonyl (C=O) groups excluding carboxylic acids is 1. The van der Waals surface area contributed by atoms with Crippen molar-refractivity contribution in [2.45, 2.75) is 136 Å². The first-order valence-corrected chi connectivity index (χ1v) is 12.9. The quantitative estimate of drug-likeness (QED) is 0.367. The summed E-state index contributed by atoms with van der Waals surface area (Å²) in [5.41, 5.74) is -0.507. The fourth-order valence-corrected chi connectivity index (χ4v) is 5.56. The lowest BCUT2D eigenvalue weighted by Gasteiger charge is -2.43. The van der Waals surface area contributed by atoms with E-state index in [9.17, 15) is 4.79 Å². The van der Waals surface area contributed by atoms with Crippen molar-refractivity contribution in [3.05, 3.63) is 0 Å². The minimum Gasteiger partial charge on any atom is -0.444 e. The van der Waals surface area contributed by atoms with Crippen LogP contribution in [0.2, 0.25) is 5.82 Å². The number of ether oxygens (including phenoxy) is 1. The van der Waals surface area contributed by atoms with E-state index in [1.807, 2.05) is 20.8 Å². The molecule has 1 saturated heterocycles. The number of hydrogen-bond donors (Lipinski definition) is 1. The topological polar surface area (TPSA) is 50.8 Å². The highest BCUT2D eigenvalue weighted by Crippen LogP contribution is 2.41. The van der Waals surface area contributed by atoms with E-state index in [4.69, 9.17) is 9.39 Å². The van der Waals surface area contributed by atoms with Crippen LogP contribution in [0.3, 0.4) is 0 Å². The Balaban J connectivity index is 2.32. The molecule has 0 aromatic carbocycles. The van der Waals surface area contributed by atoms with Crippen LogP contribution in [-0.2, 0) is 9.39 Å². The zero-order valence-corrected chi connectivity index (χ0v) is 21.3. The van der Waals surface area contributed by atoms with Crippen LogP contribution in [0.15, 0.2) is 0 Å². The van der Waals surface area contributed by atoms with Gasteiger partial charge in [0, 0.05) is 6.04 Å². The summed E-state index contributed by atoms with van der Waals surface area (Å²) in [5.74, 6) is 1.44. The number of carbonyl (C=O) groups is 1. The zero-order valence-electron chi connectivity index (χ0n) is 21.3. The fourth-order valence-electron chi connectivity index (χ4n) is 5.56. The Hall–Kier alpha value is -0.745. The van der Waals surface area contributed by atoms with Gasteiger partial charge in [-0.05, 0) is 64.2 Å². The monoisotopic (exact) mass is 435 g/mol. The lowest BCUT2D eigenvalue weighted by atomic mass is 9.63. The summed E-state index contributed by atoms with van der Waals surface area (Å²) in [5, 5.41) is 3.30. The second-order valence-corrected chi connectivity index (χ2v) is 10.8. The predicted octanol–water partition coefficient (Wildman–Crippen LogP) is 6.15. The highest BCUT2D eigenvalue weighted by molar-refractivity contribution is 6.30. The third kappa shape index (κ3) is 7.96. The number of amides is 1. The molecule has 2 fully saturated rings. The molecule has 1 saturated carbocycles. The third-order valence-electron chi connectivity index (χ3n) is 7.04. The van der Waals surface area contributed by atoms with Gasteiger partial charge in [-0.3, -0.25) is 4.90 Å². The molecule has 0 bridgehead atoms. The minimum atomic E-state index is -0.507. The molecule has 1 aliphatic heterocycles. The van der Waals surface area contributed by atoms with Crippen molar-refractivity contribution in [2.24, 2.45) is 11.8 Å². The number of likely N-dealkylation sites (N-methyl/N-ethyl adjacent to an activating group) is 1. The number of alkyl carbamates (subject to hydrolysis) is 1. The maximum atomic E-state index is 12.9. The molecule has 1 radical (unpaired) electrons. The Morgan fingerprint density at radius 1 is 1.19 bits per heavy atom. The minimum absolute atomic E-state index is 0.0849. The summed E-state index contributed by atoms with van der Waals surface area (Å²) in [6, 6.07) is 0.309. The Kier molecular flexibility index (Phi) is 10.7. The molecule has 1 N–H and O–H groups in total. The van der Waals surface area contributed by atoms with Crippen molar-refractivity contribution >= 4 is 13.6 Å². The summed E-state index contributed by atoms with van der Waals surface area (Å²) in [6.45, 7) is 15.7. The van der Waals surface area contributed by atoms with E-state index < -0.39 is 5.60 Å². The molecule has 6 unspecified atom stereocenters. The van der Waals surface area contributed by atoms with E-state index in [0.29, 0.717) is 12.0 Å². The van der Waals surface area contributed by atoms with Crippen LogP contribution >= 0.6 is 0 Å². The Bertz CT molecular complexity index is 539. The van der Waals surface area contributed by atoms with E-state index in [1.54, 1.807) is 0 Å². The SMILES string of the molecule is CCCCCC1C(CC)O[B]C(C2CCCC(C)C2)C(NC(=O)OC(C)(C)C)N1CC. The van der Waals surface area contributed by atoms with Crippen LogP contribution < -0.4 is 5.32 Å². The normalized spacial score (nSPS) is 32.7. The highest BCUT2D eigenvalue weighted by atomic mass is 16.6. The standard InChI is InChI=1S/C25H48BN2O3/c1-8-11-12-16-20-21(9-2)31-26-22(19-15-13-14-18(4)17-19)23(28(20)10-3)27-24(29)30-25(5,6)7/h18-23H,8-17H2,1-7H3,(H,27,29). The van der Waals surface area contributed by atoms with Crippen molar-refractivity contribution < 1.29 is 14.2 Å². The van der Waals surface area contributed by atoms with Crippen LogP contribution in [0.1, 0.15) is 106 Å². The Morgan fingerprint density at radius 3 is 2.52 bits per heavy atom. The van der Waals surface area contributed by atoms with Gasteiger partial charge in [0.25, 0.3) is 7.48 Å². The van der Waals surface area contributed by atoms with E-state index in [2.05, 4.69) is 45.4 Å². The molecular weight excluding hydrogens is 387 g/mol. The third-order valence-corrected chi connectivity index (χ3v) is 7.04. The smallest absolute Gasteiger partial charge is 0.408 e. The molecule has 179 valence electrons. The predicted molar refractivity (Wildman–Crippen MR) is 129 cm³/mol. The second kappa shape index (κ2) is 12.5. The van der Waals surface area contributed by atoms with Gasteiger partial charge in [-0.1, -0.05) is 66.2 Å². The van der Waals surface area contributed by atoms with Crippen LogP contribution in [0.4, 0.5) is 4.79 Å².